The highest BCUT2D eigenvalue weighted by Crippen LogP contribution is 2.30. The molecular weight excluding hydrogens is 362 g/mol. The van der Waals surface area contributed by atoms with Gasteiger partial charge in [0.05, 0.1) is 20.3 Å². The van der Waals surface area contributed by atoms with Crippen molar-refractivity contribution >= 4 is 22.4 Å². The Morgan fingerprint density at radius 1 is 1.11 bits per heavy atom. The highest BCUT2D eigenvalue weighted by Gasteiger charge is 2.22. The van der Waals surface area contributed by atoms with Gasteiger partial charge in [0.1, 0.15) is 10.8 Å². The first-order chi connectivity index (χ1) is 13.1. The summed E-state index contributed by atoms with van der Waals surface area (Å²) in [6.07, 6.45) is 0. The van der Waals surface area contributed by atoms with Gasteiger partial charge < -0.3 is 9.47 Å². The lowest BCUT2D eigenvalue weighted by molar-refractivity contribution is 0.0975. The second kappa shape index (κ2) is 8.75. The first-order valence-electron chi connectivity index (χ1n) is 8.48. The minimum atomic E-state index is -0.169. The number of ether oxygens (including phenoxy) is 2. The van der Waals surface area contributed by atoms with Crippen molar-refractivity contribution in [2.75, 3.05) is 32.3 Å². The van der Waals surface area contributed by atoms with Crippen LogP contribution in [0.3, 0.4) is 0 Å². The zero-order chi connectivity index (χ0) is 19.2. The van der Waals surface area contributed by atoms with Crippen molar-refractivity contribution in [2.24, 2.45) is 0 Å². The van der Waals surface area contributed by atoms with E-state index in [0.29, 0.717) is 29.6 Å². The number of amides is 1. The van der Waals surface area contributed by atoms with Gasteiger partial charge in [0.25, 0.3) is 5.91 Å². The van der Waals surface area contributed by atoms with Crippen LogP contribution in [-0.2, 0) is 4.74 Å². The van der Waals surface area contributed by atoms with Crippen LogP contribution in [0.4, 0.5) is 5.13 Å². The van der Waals surface area contributed by atoms with Crippen LogP contribution in [0.2, 0.25) is 0 Å². The molecule has 0 aliphatic rings. The van der Waals surface area contributed by atoms with E-state index in [1.54, 1.807) is 43.4 Å². The number of methoxy groups -OCH3 is 2. The van der Waals surface area contributed by atoms with E-state index in [1.807, 2.05) is 31.2 Å². The largest absolute Gasteiger partial charge is 0.497 e. The molecule has 140 valence electrons. The average Bonchev–Trinajstić information content (AvgIpc) is 3.18. The molecule has 1 aromatic heterocycles. The van der Waals surface area contributed by atoms with Crippen LogP contribution in [0.5, 0.6) is 5.75 Å². The number of aryl methyl sites for hydroxylation is 1. The van der Waals surface area contributed by atoms with Crippen molar-refractivity contribution in [2.45, 2.75) is 6.92 Å². The average molecular weight is 383 g/mol. The van der Waals surface area contributed by atoms with Gasteiger partial charge >= 0.3 is 0 Å². The molecule has 0 fully saturated rings. The van der Waals surface area contributed by atoms with Gasteiger partial charge in [-0.3, -0.25) is 9.69 Å². The van der Waals surface area contributed by atoms with E-state index >= 15 is 0 Å². The Labute approximate surface area is 162 Å². The zero-order valence-corrected chi connectivity index (χ0v) is 16.3. The fourth-order valence-electron chi connectivity index (χ4n) is 2.60. The van der Waals surface area contributed by atoms with Gasteiger partial charge in [0.15, 0.2) is 0 Å². The fraction of sp³-hybridized carbons (Fsp3) is 0.250. The quantitative estimate of drug-likeness (QED) is 0.621. The van der Waals surface area contributed by atoms with Gasteiger partial charge in [-0.25, -0.2) is 0 Å². The molecule has 2 aromatic carbocycles. The van der Waals surface area contributed by atoms with E-state index in [4.69, 9.17) is 9.47 Å². The predicted molar refractivity (Wildman–Crippen MR) is 107 cm³/mol. The molecule has 3 rings (SSSR count). The SMILES string of the molecule is COCCN(C(=O)c1cccc(OC)c1)c1nnc(-c2cccc(C)c2)s1. The number of hydrogen-bond donors (Lipinski definition) is 0. The Morgan fingerprint density at radius 3 is 2.67 bits per heavy atom. The molecule has 0 saturated heterocycles. The number of carbonyl (C=O) groups excluding carboxylic acids is 1. The highest BCUT2D eigenvalue weighted by molar-refractivity contribution is 7.18. The molecule has 0 radical (unpaired) electrons. The number of aromatic nitrogens is 2. The first kappa shape index (κ1) is 19.0. The molecule has 0 spiro atoms. The molecular formula is C20H21N3O3S. The van der Waals surface area contributed by atoms with Gasteiger partial charge in [0, 0.05) is 18.2 Å². The normalized spacial score (nSPS) is 10.6. The zero-order valence-electron chi connectivity index (χ0n) is 15.5. The Kier molecular flexibility index (Phi) is 6.16. The lowest BCUT2D eigenvalue weighted by atomic mass is 10.1. The summed E-state index contributed by atoms with van der Waals surface area (Å²) in [7, 11) is 3.18. The molecule has 7 heteroatoms. The number of rotatable bonds is 7. The first-order valence-corrected chi connectivity index (χ1v) is 9.29. The van der Waals surface area contributed by atoms with Crippen LogP contribution >= 0.6 is 11.3 Å². The van der Waals surface area contributed by atoms with Gasteiger partial charge in [-0.15, -0.1) is 10.2 Å². The van der Waals surface area contributed by atoms with Crippen molar-refractivity contribution in [3.8, 4) is 16.3 Å². The lowest BCUT2D eigenvalue weighted by Crippen LogP contribution is -2.33. The Bertz CT molecular complexity index is 926. The molecule has 0 aliphatic heterocycles. The molecule has 27 heavy (non-hydrogen) atoms. The van der Waals surface area contributed by atoms with E-state index in [9.17, 15) is 4.79 Å². The summed E-state index contributed by atoms with van der Waals surface area (Å²) in [4.78, 5) is 14.7. The second-order valence-corrected chi connectivity index (χ2v) is 6.90. The second-order valence-electron chi connectivity index (χ2n) is 5.94. The molecule has 0 bridgehead atoms. The summed E-state index contributed by atoms with van der Waals surface area (Å²) >= 11 is 1.38. The summed E-state index contributed by atoms with van der Waals surface area (Å²) in [5.74, 6) is 0.461. The van der Waals surface area contributed by atoms with E-state index in [1.165, 1.54) is 11.3 Å². The third kappa shape index (κ3) is 4.50. The van der Waals surface area contributed by atoms with E-state index in [0.717, 1.165) is 16.1 Å². The summed E-state index contributed by atoms with van der Waals surface area (Å²) in [5, 5.41) is 9.84. The highest BCUT2D eigenvalue weighted by atomic mass is 32.1. The third-order valence-corrected chi connectivity index (χ3v) is 4.99. The van der Waals surface area contributed by atoms with Gasteiger partial charge in [-0.05, 0) is 31.2 Å². The van der Waals surface area contributed by atoms with Gasteiger partial charge in [-0.2, -0.15) is 0 Å². The van der Waals surface area contributed by atoms with Crippen molar-refractivity contribution in [3.63, 3.8) is 0 Å². The molecule has 1 amide bonds. The Balaban J connectivity index is 1.91. The molecule has 0 atom stereocenters. The number of carbonyl (C=O) groups is 1. The Hall–Kier alpha value is -2.77. The maximum absolute atomic E-state index is 13.1. The predicted octanol–water partition coefficient (Wildman–Crippen LogP) is 3.82. The molecule has 3 aromatic rings. The van der Waals surface area contributed by atoms with Crippen molar-refractivity contribution in [1.82, 2.24) is 10.2 Å². The van der Waals surface area contributed by atoms with Crippen molar-refractivity contribution < 1.29 is 14.3 Å². The molecule has 0 unspecified atom stereocenters. The Morgan fingerprint density at radius 2 is 1.93 bits per heavy atom. The van der Waals surface area contributed by atoms with Crippen molar-refractivity contribution in [3.05, 3.63) is 59.7 Å². The van der Waals surface area contributed by atoms with Crippen LogP contribution in [0, 0.1) is 6.92 Å². The van der Waals surface area contributed by atoms with E-state index < -0.39 is 0 Å². The smallest absolute Gasteiger partial charge is 0.260 e. The molecule has 1 heterocycles. The third-order valence-electron chi connectivity index (χ3n) is 3.99. The maximum atomic E-state index is 13.1. The molecule has 0 N–H and O–H groups in total. The topological polar surface area (TPSA) is 64.5 Å². The van der Waals surface area contributed by atoms with Crippen LogP contribution < -0.4 is 9.64 Å². The van der Waals surface area contributed by atoms with Gasteiger partial charge in [-0.1, -0.05) is 41.2 Å². The number of hydrogen-bond acceptors (Lipinski definition) is 6. The standard InChI is InChI=1S/C20H21N3O3S/c1-14-6-4-7-15(12-14)18-21-22-20(27-18)23(10-11-25-2)19(24)16-8-5-9-17(13-16)26-3/h4-9,12-13H,10-11H2,1-3H3. The summed E-state index contributed by atoms with van der Waals surface area (Å²) < 4.78 is 10.4. The fourth-order valence-corrected chi connectivity index (χ4v) is 3.46. The van der Waals surface area contributed by atoms with Crippen molar-refractivity contribution in [1.29, 1.82) is 0 Å². The molecule has 0 saturated carbocycles. The summed E-state index contributed by atoms with van der Waals surface area (Å²) in [6.45, 7) is 2.81. The van der Waals surface area contributed by atoms with Crippen LogP contribution in [0.1, 0.15) is 15.9 Å². The summed E-state index contributed by atoms with van der Waals surface area (Å²) in [6, 6.07) is 15.1. The molecule has 6 nitrogen and oxygen atoms in total. The van der Waals surface area contributed by atoms with E-state index in [2.05, 4.69) is 10.2 Å². The lowest BCUT2D eigenvalue weighted by Gasteiger charge is -2.19. The number of benzene rings is 2. The maximum Gasteiger partial charge on any atom is 0.260 e. The van der Waals surface area contributed by atoms with Gasteiger partial charge in [0.2, 0.25) is 5.13 Å². The molecule has 0 aliphatic carbocycles. The number of nitrogens with zero attached hydrogens (tertiary/aromatic N) is 3. The van der Waals surface area contributed by atoms with E-state index in [-0.39, 0.29) is 5.91 Å². The summed E-state index contributed by atoms with van der Waals surface area (Å²) in [5.41, 5.74) is 2.66. The monoisotopic (exact) mass is 383 g/mol. The van der Waals surface area contributed by atoms with Crippen LogP contribution in [0.15, 0.2) is 48.5 Å². The minimum absolute atomic E-state index is 0.169. The number of anilines is 1. The minimum Gasteiger partial charge on any atom is -0.497 e. The van der Waals surface area contributed by atoms with Crippen LogP contribution in [0.25, 0.3) is 10.6 Å². The van der Waals surface area contributed by atoms with Crippen LogP contribution in [-0.4, -0.2) is 43.5 Å².